The minimum atomic E-state index is -3.55. The summed E-state index contributed by atoms with van der Waals surface area (Å²) in [6.07, 6.45) is 3.26. The van der Waals surface area contributed by atoms with Crippen molar-refractivity contribution in [3.8, 4) is 11.5 Å². The zero-order valence-corrected chi connectivity index (χ0v) is 12.7. The molecule has 0 aliphatic carbocycles. The van der Waals surface area contributed by atoms with Gasteiger partial charge in [0.2, 0.25) is 10.0 Å². The molecule has 1 aromatic heterocycles. The van der Waals surface area contributed by atoms with Crippen molar-refractivity contribution in [2.24, 2.45) is 0 Å². The van der Waals surface area contributed by atoms with Crippen molar-refractivity contribution in [2.75, 3.05) is 12.3 Å². The van der Waals surface area contributed by atoms with E-state index in [1.165, 1.54) is 18.2 Å². The Labute approximate surface area is 123 Å². The van der Waals surface area contributed by atoms with E-state index in [4.69, 9.17) is 10.5 Å². The topological polar surface area (TPSA) is 99.2 Å². The number of aryl methyl sites for hydroxylation is 1. The van der Waals surface area contributed by atoms with E-state index >= 15 is 0 Å². The van der Waals surface area contributed by atoms with Gasteiger partial charge in [0.1, 0.15) is 0 Å². The summed E-state index contributed by atoms with van der Waals surface area (Å²) in [5.74, 6) is 0.783. The predicted molar refractivity (Wildman–Crippen MR) is 79.7 cm³/mol. The van der Waals surface area contributed by atoms with Crippen LogP contribution in [-0.4, -0.2) is 24.7 Å². The third-order valence-corrected chi connectivity index (χ3v) is 4.33. The van der Waals surface area contributed by atoms with Crippen LogP contribution in [0.3, 0.4) is 0 Å². The van der Waals surface area contributed by atoms with E-state index in [2.05, 4.69) is 9.82 Å². The number of ether oxygens (including phenoxy) is 1. The molecule has 0 amide bonds. The van der Waals surface area contributed by atoms with Crippen molar-refractivity contribution >= 4 is 15.7 Å². The number of hydrogen-bond donors (Lipinski definition) is 2. The number of rotatable bonds is 6. The first-order chi connectivity index (χ1) is 9.96. The fraction of sp³-hybridized carbons (Fsp3) is 0.308. The average molecular weight is 310 g/mol. The molecule has 0 bridgehead atoms. The molecule has 0 spiro atoms. The fourth-order valence-electron chi connectivity index (χ4n) is 1.74. The molecule has 1 aromatic carbocycles. The van der Waals surface area contributed by atoms with E-state index in [9.17, 15) is 8.42 Å². The smallest absolute Gasteiger partial charge is 0.240 e. The molecular formula is C13H18N4O3S. The Kier molecular flexibility index (Phi) is 4.49. The second-order valence-corrected chi connectivity index (χ2v) is 6.10. The van der Waals surface area contributed by atoms with Crippen LogP contribution in [0.25, 0.3) is 0 Å². The molecule has 2 rings (SSSR count). The Balaban J connectivity index is 2.31. The lowest BCUT2D eigenvalue weighted by Crippen LogP contribution is -2.23. The number of nitrogens with two attached hydrogens (primary N) is 1. The van der Waals surface area contributed by atoms with Crippen LogP contribution >= 0.6 is 0 Å². The van der Waals surface area contributed by atoms with Gasteiger partial charge in [0.15, 0.2) is 11.5 Å². The van der Waals surface area contributed by atoms with Crippen LogP contribution in [0.1, 0.15) is 13.8 Å². The Morgan fingerprint density at radius 2 is 2.14 bits per heavy atom. The first-order valence-electron chi connectivity index (χ1n) is 6.55. The molecular weight excluding hydrogens is 292 g/mol. The van der Waals surface area contributed by atoms with Crippen molar-refractivity contribution in [3.63, 3.8) is 0 Å². The highest BCUT2D eigenvalue weighted by atomic mass is 32.2. The normalized spacial score (nSPS) is 11.5. The maximum atomic E-state index is 12.0. The van der Waals surface area contributed by atoms with E-state index < -0.39 is 10.0 Å². The lowest BCUT2D eigenvalue weighted by Gasteiger charge is -2.10. The minimum absolute atomic E-state index is 0.108. The number of nitrogen functional groups attached to an aromatic ring is 1. The van der Waals surface area contributed by atoms with Gasteiger partial charge in [-0.3, -0.25) is 4.68 Å². The number of benzene rings is 1. The van der Waals surface area contributed by atoms with Crippen LogP contribution in [0.5, 0.6) is 11.5 Å². The SMILES string of the molecule is CCNS(=O)(=O)c1ccc(N)c(Oc2cnn(CC)c2)c1. The molecule has 21 heavy (non-hydrogen) atoms. The summed E-state index contributed by atoms with van der Waals surface area (Å²) in [4.78, 5) is 0.108. The van der Waals surface area contributed by atoms with Crippen molar-refractivity contribution in [1.29, 1.82) is 0 Å². The zero-order valence-electron chi connectivity index (χ0n) is 11.9. The molecule has 0 saturated carbocycles. The first-order valence-corrected chi connectivity index (χ1v) is 8.04. The molecule has 0 saturated heterocycles. The molecule has 0 unspecified atom stereocenters. The molecule has 114 valence electrons. The maximum Gasteiger partial charge on any atom is 0.240 e. The third-order valence-electron chi connectivity index (χ3n) is 2.79. The van der Waals surface area contributed by atoms with Crippen LogP contribution < -0.4 is 15.2 Å². The number of nitrogens with zero attached hydrogens (tertiary/aromatic N) is 2. The predicted octanol–water partition coefficient (Wildman–Crippen LogP) is 1.58. The molecule has 2 aromatic rings. The summed E-state index contributed by atoms with van der Waals surface area (Å²) < 4.78 is 33.7. The number of hydrogen-bond acceptors (Lipinski definition) is 5. The largest absolute Gasteiger partial charge is 0.452 e. The number of nitrogens with one attached hydrogen (secondary N) is 1. The lowest BCUT2D eigenvalue weighted by molar-refractivity contribution is 0.481. The zero-order chi connectivity index (χ0) is 15.5. The summed E-state index contributed by atoms with van der Waals surface area (Å²) >= 11 is 0. The van der Waals surface area contributed by atoms with E-state index in [0.717, 1.165) is 0 Å². The highest BCUT2D eigenvalue weighted by molar-refractivity contribution is 7.89. The van der Waals surface area contributed by atoms with Gasteiger partial charge in [0.05, 0.1) is 23.0 Å². The van der Waals surface area contributed by atoms with Gasteiger partial charge in [-0.2, -0.15) is 5.10 Å². The Morgan fingerprint density at radius 3 is 2.76 bits per heavy atom. The molecule has 0 aliphatic rings. The average Bonchev–Trinajstić information content (AvgIpc) is 2.88. The molecule has 0 fully saturated rings. The van der Waals surface area contributed by atoms with Gasteiger partial charge in [-0.15, -0.1) is 0 Å². The van der Waals surface area contributed by atoms with Gasteiger partial charge in [-0.25, -0.2) is 13.1 Å². The third kappa shape index (κ3) is 3.53. The van der Waals surface area contributed by atoms with Gasteiger partial charge in [0, 0.05) is 19.2 Å². The second kappa shape index (κ2) is 6.15. The fourth-order valence-corrected chi connectivity index (χ4v) is 2.80. The van der Waals surface area contributed by atoms with Crippen molar-refractivity contribution < 1.29 is 13.2 Å². The number of anilines is 1. The van der Waals surface area contributed by atoms with Crippen molar-refractivity contribution in [3.05, 3.63) is 30.6 Å². The first kappa shape index (κ1) is 15.3. The van der Waals surface area contributed by atoms with Gasteiger partial charge in [-0.05, 0) is 19.1 Å². The van der Waals surface area contributed by atoms with Crippen LogP contribution in [0.2, 0.25) is 0 Å². The van der Waals surface area contributed by atoms with Crippen LogP contribution in [0, 0.1) is 0 Å². The molecule has 8 heteroatoms. The minimum Gasteiger partial charge on any atom is -0.452 e. The molecule has 7 nitrogen and oxygen atoms in total. The van der Waals surface area contributed by atoms with Crippen LogP contribution in [0.15, 0.2) is 35.5 Å². The van der Waals surface area contributed by atoms with Crippen LogP contribution in [0.4, 0.5) is 5.69 Å². The maximum absolute atomic E-state index is 12.0. The highest BCUT2D eigenvalue weighted by Crippen LogP contribution is 2.29. The Morgan fingerprint density at radius 1 is 1.38 bits per heavy atom. The van der Waals surface area contributed by atoms with E-state index in [0.29, 0.717) is 24.5 Å². The van der Waals surface area contributed by atoms with E-state index in [1.807, 2.05) is 6.92 Å². The quantitative estimate of drug-likeness (QED) is 0.789. The second-order valence-electron chi connectivity index (χ2n) is 4.33. The summed E-state index contributed by atoms with van der Waals surface area (Å²) in [5, 5.41) is 4.08. The molecule has 0 atom stereocenters. The van der Waals surface area contributed by atoms with Crippen LogP contribution in [-0.2, 0) is 16.6 Å². The Hall–Kier alpha value is -2.06. The summed E-state index contributed by atoms with van der Waals surface area (Å²) in [6, 6.07) is 4.34. The van der Waals surface area contributed by atoms with Crippen molar-refractivity contribution in [2.45, 2.75) is 25.3 Å². The van der Waals surface area contributed by atoms with Gasteiger partial charge >= 0.3 is 0 Å². The standard InChI is InChI=1S/C13H18N4O3S/c1-3-16-21(18,19)11-5-6-12(14)13(7-11)20-10-8-15-17(4-2)9-10/h5-9,16H,3-4,14H2,1-2H3. The van der Waals surface area contributed by atoms with Gasteiger partial charge in [0.25, 0.3) is 0 Å². The molecule has 3 N–H and O–H groups in total. The summed E-state index contributed by atoms with van der Waals surface area (Å²) in [6.45, 7) is 4.69. The molecule has 0 radical (unpaired) electrons. The summed E-state index contributed by atoms with van der Waals surface area (Å²) in [7, 11) is -3.55. The van der Waals surface area contributed by atoms with E-state index in [1.54, 1.807) is 24.0 Å². The monoisotopic (exact) mass is 310 g/mol. The number of sulfonamides is 1. The van der Waals surface area contributed by atoms with Crippen molar-refractivity contribution in [1.82, 2.24) is 14.5 Å². The Bertz CT molecular complexity index is 725. The van der Waals surface area contributed by atoms with Gasteiger partial charge in [-0.1, -0.05) is 6.92 Å². The highest BCUT2D eigenvalue weighted by Gasteiger charge is 2.15. The summed E-state index contributed by atoms with van der Waals surface area (Å²) in [5.41, 5.74) is 6.18. The molecule has 0 aliphatic heterocycles. The van der Waals surface area contributed by atoms with E-state index in [-0.39, 0.29) is 10.6 Å². The number of aromatic nitrogens is 2. The lowest BCUT2D eigenvalue weighted by atomic mass is 10.3. The molecule has 1 heterocycles. The van der Waals surface area contributed by atoms with Gasteiger partial charge < -0.3 is 10.5 Å².